The minimum atomic E-state index is -1.17. The summed E-state index contributed by atoms with van der Waals surface area (Å²) in [6, 6.07) is 11.6. The first kappa shape index (κ1) is 66.7. The van der Waals surface area contributed by atoms with Gasteiger partial charge in [0.25, 0.3) is 0 Å². The smallest absolute Gasteiger partial charge is 0.339 e. The van der Waals surface area contributed by atoms with Crippen LogP contribution in [0, 0.1) is 11.8 Å². The van der Waals surface area contributed by atoms with Gasteiger partial charge >= 0.3 is 5.97 Å². The Labute approximate surface area is 493 Å². The van der Waals surface area contributed by atoms with Gasteiger partial charge in [-0.3, -0.25) is 43.3 Å². The molecular formula is C59H82N10O12S2. The van der Waals surface area contributed by atoms with Gasteiger partial charge in [-0.1, -0.05) is 59.4 Å². The molecule has 0 saturated carbocycles. The maximum atomic E-state index is 13.9. The highest BCUT2D eigenvalue weighted by Crippen LogP contribution is 2.42. The van der Waals surface area contributed by atoms with Gasteiger partial charge in [0.15, 0.2) is 0 Å². The Balaban J connectivity index is 0.000000278. The number of anilines is 4. The summed E-state index contributed by atoms with van der Waals surface area (Å²) in [7, 11) is 0. The number of hydrogen-bond donors (Lipinski definition) is 8. The molecule has 4 aliphatic heterocycles. The van der Waals surface area contributed by atoms with Gasteiger partial charge in [-0.25, -0.2) is 4.79 Å². The molecule has 3 unspecified atom stereocenters. The van der Waals surface area contributed by atoms with Crippen LogP contribution in [0.2, 0.25) is 0 Å². The zero-order valence-electron chi connectivity index (χ0n) is 48.0. The lowest BCUT2D eigenvalue weighted by molar-refractivity contribution is -0.231. The van der Waals surface area contributed by atoms with Crippen LogP contribution in [0.25, 0.3) is 0 Å². The van der Waals surface area contributed by atoms with E-state index in [1.807, 2.05) is 85.6 Å². The molecule has 2 aromatic carbocycles. The minimum absolute atomic E-state index is 0. The average Bonchev–Trinajstić information content (AvgIpc) is 4.42. The minimum Gasteiger partial charge on any atom is -0.373 e. The SMILES string of the molecule is C.CC(=O)OO.CC(C)C[C@@H](NC(=O)C(C)(C)N)C(=O)NC1Cc2cccc(N3C(=O)CCC3O)c2N(Cc2ccsc2)C1=O.CC(C)C[C@@H](NC(=O)C(C)(C)N)C(=O)NC1Cc2cccc(N3CCCC3=O)c2N(Cc2ccsc2)C1=O. The van der Waals surface area contributed by atoms with E-state index in [2.05, 4.69) is 26.2 Å². The van der Waals surface area contributed by atoms with Crippen LogP contribution in [0.15, 0.2) is 70.1 Å². The number of benzene rings is 2. The first-order chi connectivity index (χ1) is 38.6. The number of rotatable bonds is 18. The van der Waals surface area contributed by atoms with E-state index >= 15 is 0 Å². The zero-order chi connectivity index (χ0) is 60.4. The number of thiophene rings is 2. The summed E-state index contributed by atoms with van der Waals surface area (Å²) in [6.07, 6.45) is 2.13. The highest BCUT2D eigenvalue weighted by Gasteiger charge is 2.42. The van der Waals surface area contributed by atoms with Crippen molar-refractivity contribution in [1.29, 1.82) is 0 Å². The average molecular weight is 1190 g/mol. The van der Waals surface area contributed by atoms with Crippen molar-refractivity contribution in [2.24, 2.45) is 23.3 Å². The van der Waals surface area contributed by atoms with Crippen molar-refractivity contribution in [1.82, 2.24) is 21.3 Å². The molecule has 8 rings (SSSR count). The predicted molar refractivity (Wildman–Crippen MR) is 320 cm³/mol. The second-order valence-electron chi connectivity index (χ2n) is 23.0. The normalized spacial score (nSPS) is 18.4. The molecule has 10 N–H and O–H groups in total. The molecule has 0 aliphatic carbocycles. The lowest BCUT2D eigenvalue weighted by Gasteiger charge is -2.38. The molecule has 8 amide bonds. The third-order valence-corrected chi connectivity index (χ3v) is 15.4. The maximum Gasteiger partial charge on any atom is 0.339 e. The molecule has 452 valence electrons. The summed E-state index contributed by atoms with van der Waals surface area (Å²) < 4.78 is 0. The van der Waals surface area contributed by atoms with Gasteiger partial charge in [0.05, 0.1) is 46.9 Å². The Morgan fingerprint density at radius 3 is 1.47 bits per heavy atom. The number of aliphatic hydroxyl groups is 1. The van der Waals surface area contributed by atoms with Gasteiger partial charge in [-0.15, -0.1) is 0 Å². The summed E-state index contributed by atoms with van der Waals surface area (Å²) in [5.41, 5.74) is 15.6. The molecule has 0 radical (unpaired) electrons. The predicted octanol–water partition coefficient (Wildman–Crippen LogP) is 5.41. The number of fused-ring (bicyclic) bond motifs is 2. The molecule has 4 aromatic rings. The van der Waals surface area contributed by atoms with Crippen LogP contribution in [-0.4, -0.2) is 112 Å². The van der Waals surface area contributed by atoms with Crippen LogP contribution in [0.5, 0.6) is 0 Å². The van der Waals surface area contributed by atoms with Crippen molar-refractivity contribution in [2.45, 2.75) is 176 Å². The van der Waals surface area contributed by atoms with E-state index in [0.717, 1.165) is 47.0 Å². The lowest BCUT2D eigenvalue weighted by Crippen LogP contribution is -2.59. The summed E-state index contributed by atoms with van der Waals surface area (Å²) >= 11 is 3.05. The van der Waals surface area contributed by atoms with Crippen LogP contribution in [-0.2, 0) is 74.0 Å². The van der Waals surface area contributed by atoms with E-state index in [1.54, 1.807) is 65.9 Å². The van der Waals surface area contributed by atoms with Gasteiger partial charge < -0.3 is 57.4 Å². The summed E-state index contributed by atoms with van der Waals surface area (Å²) in [5.74, 6) is -2.95. The number of nitrogens with one attached hydrogen (secondary N) is 4. The Bertz CT molecular complexity index is 2960. The van der Waals surface area contributed by atoms with Crippen molar-refractivity contribution < 1.29 is 58.4 Å². The number of nitrogens with two attached hydrogens (primary N) is 2. The molecular weight excluding hydrogens is 1100 g/mol. The Hall–Kier alpha value is -7.09. The molecule has 4 aliphatic rings. The van der Waals surface area contributed by atoms with Gasteiger partial charge in [0, 0.05) is 45.6 Å². The highest BCUT2D eigenvalue weighted by atomic mass is 32.1. The summed E-state index contributed by atoms with van der Waals surface area (Å²) in [4.78, 5) is 124. The first-order valence-electron chi connectivity index (χ1n) is 27.4. The number of aliphatic hydroxyl groups excluding tert-OH is 1. The molecule has 0 spiro atoms. The molecule has 6 heterocycles. The number of nitrogens with zero attached hydrogens (tertiary/aromatic N) is 4. The van der Waals surface area contributed by atoms with Gasteiger partial charge in [0.2, 0.25) is 47.3 Å². The maximum absolute atomic E-state index is 13.9. The number of para-hydroxylation sites is 2. The van der Waals surface area contributed by atoms with Crippen LogP contribution < -0.4 is 52.3 Å². The molecule has 5 atom stereocenters. The molecule has 2 fully saturated rings. The Morgan fingerprint density at radius 1 is 0.687 bits per heavy atom. The lowest BCUT2D eigenvalue weighted by atomic mass is 9.94. The van der Waals surface area contributed by atoms with E-state index < -0.39 is 71.1 Å². The fourth-order valence-electron chi connectivity index (χ4n) is 9.91. The number of amides is 8. The van der Waals surface area contributed by atoms with Crippen LogP contribution in [0.3, 0.4) is 0 Å². The number of hydrogen-bond acceptors (Lipinski definition) is 16. The molecule has 22 nitrogen and oxygen atoms in total. The molecule has 24 heteroatoms. The second-order valence-corrected chi connectivity index (χ2v) is 24.5. The van der Waals surface area contributed by atoms with E-state index in [4.69, 9.17) is 16.7 Å². The third-order valence-electron chi connectivity index (χ3n) is 14.0. The quantitative estimate of drug-likeness (QED) is 0.0456. The van der Waals surface area contributed by atoms with Crippen molar-refractivity contribution in [3.8, 4) is 0 Å². The fraction of sp³-hybridized carbons (Fsp3) is 0.508. The third kappa shape index (κ3) is 17.3. The van der Waals surface area contributed by atoms with Crippen molar-refractivity contribution in [3.63, 3.8) is 0 Å². The first-order valence-corrected chi connectivity index (χ1v) is 29.3. The van der Waals surface area contributed by atoms with Crippen molar-refractivity contribution in [2.75, 3.05) is 26.1 Å². The molecule has 83 heavy (non-hydrogen) atoms. The van der Waals surface area contributed by atoms with E-state index in [0.29, 0.717) is 56.6 Å². The van der Waals surface area contributed by atoms with Crippen LogP contribution >= 0.6 is 22.7 Å². The highest BCUT2D eigenvalue weighted by molar-refractivity contribution is 7.08. The number of carbonyl (C=O) groups excluding carboxylic acids is 9. The van der Waals surface area contributed by atoms with Crippen molar-refractivity contribution in [3.05, 3.63) is 92.3 Å². The Kier molecular flexibility index (Phi) is 23.3. The van der Waals surface area contributed by atoms with E-state index in [1.165, 1.54) is 16.2 Å². The largest absolute Gasteiger partial charge is 0.373 e. The monoisotopic (exact) mass is 1190 g/mol. The van der Waals surface area contributed by atoms with Gasteiger partial charge in [0.1, 0.15) is 30.4 Å². The van der Waals surface area contributed by atoms with E-state index in [-0.39, 0.29) is 62.3 Å². The topological polar surface area (TPSA) is 316 Å². The van der Waals surface area contributed by atoms with Gasteiger partial charge in [-0.2, -0.15) is 27.9 Å². The van der Waals surface area contributed by atoms with Crippen molar-refractivity contribution >= 4 is 98.6 Å². The van der Waals surface area contributed by atoms with E-state index in [9.17, 15) is 48.3 Å². The van der Waals surface area contributed by atoms with Gasteiger partial charge in [-0.05, 0) is 127 Å². The zero-order valence-corrected chi connectivity index (χ0v) is 49.6. The summed E-state index contributed by atoms with van der Waals surface area (Å²) in [6.45, 7) is 16.4. The summed E-state index contributed by atoms with van der Waals surface area (Å²) in [5, 5.41) is 37.0. The standard InChI is InChI=1S/C28H37N5O5S.C28H37N5O4S.C2H4O3.CH4/c1-16(2)12-19(31-27(38)28(3,4)29)25(36)30-20-13-18-6-5-7-21(33-22(34)8-9-23(33)35)24(18)32(26(20)37)14-17-10-11-39-15-17;1-17(2)13-20(31-27(37)28(3,4)29)25(35)30-21-14-19-7-5-8-22(32-11-6-9-23(32)34)24(19)33(26(21)36)15-18-10-12-38-16-18;1-2(3)5-4;/h5-7,10-11,15-16,19-20,22,34H,8-9,12-14,29H2,1-4H3,(H,30,36)(H,31,38);5,7-8,10,12,16-17,20-21H,6,9,11,13-15,29H2,1-4H3,(H,30,35)(H,31,37);4H,1H3;1H4/t19-,20?,22?;20-,21?;;/m11../s1. The fourth-order valence-corrected chi connectivity index (χ4v) is 11.2. The number of carbonyl (C=O) groups is 9. The van der Waals surface area contributed by atoms with Crippen LogP contribution in [0.4, 0.5) is 22.7 Å². The Morgan fingerprint density at radius 2 is 1.12 bits per heavy atom. The van der Waals surface area contributed by atoms with Crippen LogP contribution in [0.1, 0.15) is 131 Å². The molecule has 2 aromatic heterocycles. The second kappa shape index (κ2) is 28.9. The molecule has 0 bridgehead atoms. The molecule has 2 saturated heterocycles.